The third-order valence-electron chi connectivity index (χ3n) is 2.02. The molecule has 2 rings (SSSR count). The summed E-state index contributed by atoms with van der Waals surface area (Å²) in [5.41, 5.74) is 0.595. The minimum Gasteiger partial charge on any atom is -0.403 e. The van der Waals surface area contributed by atoms with Gasteiger partial charge in [-0.3, -0.25) is 0 Å². The number of nitrogens with zero attached hydrogens (tertiary/aromatic N) is 3. The molecule has 0 aliphatic carbocycles. The van der Waals surface area contributed by atoms with E-state index in [4.69, 9.17) is 11.6 Å². The number of ether oxygens (including phenoxy) is 1. The number of aromatic nitrogens is 3. The molecule has 8 heteroatoms. The first-order valence-electron chi connectivity index (χ1n) is 4.82. The van der Waals surface area contributed by atoms with Gasteiger partial charge in [0, 0.05) is 0 Å². The molecule has 0 saturated heterocycles. The van der Waals surface area contributed by atoms with Crippen molar-refractivity contribution in [1.82, 2.24) is 15.0 Å². The van der Waals surface area contributed by atoms with Gasteiger partial charge in [0.15, 0.2) is 5.75 Å². The van der Waals surface area contributed by atoms with Gasteiger partial charge in [0.25, 0.3) is 0 Å². The summed E-state index contributed by atoms with van der Waals surface area (Å²) in [5.74, 6) is -0.224. The average Bonchev–Trinajstić information content (AvgIpc) is 2.76. The maximum absolute atomic E-state index is 12.2. The summed E-state index contributed by atoms with van der Waals surface area (Å²) in [5, 5.41) is 7.38. The summed E-state index contributed by atoms with van der Waals surface area (Å²) in [7, 11) is 0. The highest BCUT2D eigenvalue weighted by Gasteiger charge is 2.32. The van der Waals surface area contributed by atoms with Gasteiger partial charge in [-0.2, -0.15) is 0 Å². The molecule has 0 atom stereocenters. The molecule has 0 saturated carbocycles. The molecular formula is C10H7ClF3N3O. The van der Waals surface area contributed by atoms with Crippen LogP contribution in [-0.4, -0.2) is 21.4 Å². The first kappa shape index (κ1) is 12.7. The van der Waals surface area contributed by atoms with Crippen molar-refractivity contribution >= 4 is 11.6 Å². The van der Waals surface area contributed by atoms with Crippen LogP contribution in [0.15, 0.2) is 30.5 Å². The van der Waals surface area contributed by atoms with Crippen LogP contribution in [0, 0.1) is 0 Å². The summed E-state index contributed by atoms with van der Waals surface area (Å²) in [6, 6.07) is 5.64. The van der Waals surface area contributed by atoms with Gasteiger partial charge in [-0.25, -0.2) is 4.68 Å². The highest BCUT2D eigenvalue weighted by atomic mass is 35.5. The number of rotatable bonds is 3. The van der Waals surface area contributed by atoms with E-state index in [2.05, 4.69) is 15.0 Å². The first-order valence-corrected chi connectivity index (χ1v) is 5.35. The Bertz CT molecular complexity index is 541. The van der Waals surface area contributed by atoms with E-state index >= 15 is 0 Å². The summed E-state index contributed by atoms with van der Waals surface area (Å²) in [4.78, 5) is 0. The van der Waals surface area contributed by atoms with Crippen molar-refractivity contribution in [1.29, 1.82) is 0 Å². The van der Waals surface area contributed by atoms with Crippen LogP contribution in [0.5, 0.6) is 5.75 Å². The fraction of sp³-hybridized carbons (Fsp3) is 0.200. The van der Waals surface area contributed by atoms with Crippen molar-refractivity contribution in [3.05, 3.63) is 36.2 Å². The van der Waals surface area contributed by atoms with Crippen LogP contribution in [0.4, 0.5) is 13.2 Å². The van der Waals surface area contributed by atoms with E-state index in [1.165, 1.54) is 29.1 Å². The zero-order chi connectivity index (χ0) is 13.2. The van der Waals surface area contributed by atoms with Crippen LogP contribution in [0.1, 0.15) is 5.69 Å². The normalized spacial score (nSPS) is 11.6. The molecule has 0 bridgehead atoms. The van der Waals surface area contributed by atoms with Gasteiger partial charge in [0.05, 0.1) is 17.8 Å². The molecule has 0 amide bonds. The predicted molar refractivity (Wildman–Crippen MR) is 57.6 cm³/mol. The first-order chi connectivity index (χ1) is 8.49. The Labute approximate surface area is 105 Å². The Morgan fingerprint density at radius 1 is 1.28 bits per heavy atom. The molecule has 1 aromatic heterocycles. The van der Waals surface area contributed by atoms with Crippen molar-refractivity contribution in [2.75, 3.05) is 0 Å². The molecule has 18 heavy (non-hydrogen) atoms. The van der Waals surface area contributed by atoms with Crippen molar-refractivity contribution in [3.63, 3.8) is 0 Å². The Hall–Kier alpha value is -1.76. The number of hydrogen-bond donors (Lipinski definition) is 0. The van der Waals surface area contributed by atoms with E-state index in [1.54, 1.807) is 6.07 Å². The molecule has 0 radical (unpaired) electrons. The molecule has 0 spiro atoms. The molecule has 0 N–H and O–H groups in total. The van der Waals surface area contributed by atoms with E-state index in [9.17, 15) is 13.2 Å². The summed E-state index contributed by atoms with van der Waals surface area (Å²) >= 11 is 5.55. The highest BCUT2D eigenvalue weighted by Crippen LogP contribution is 2.28. The molecule has 0 aliphatic rings. The standard InChI is InChI=1S/C10H7ClF3N3O/c11-5-7-6-17(16-15-7)8-3-1-2-4-9(8)18-10(12,13)14/h1-4,6H,5H2. The van der Waals surface area contributed by atoms with Gasteiger partial charge in [-0.05, 0) is 12.1 Å². The molecule has 0 aliphatic heterocycles. The minimum atomic E-state index is -4.76. The van der Waals surface area contributed by atoms with Gasteiger partial charge in [0.1, 0.15) is 5.69 Å². The molecule has 96 valence electrons. The second kappa shape index (κ2) is 4.85. The topological polar surface area (TPSA) is 39.9 Å². The lowest BCUT2D eigenvalue weighted by molar-refractivity contribution is -0.274. The van der Waals surface area contributed by atoms with E-state index in [-0.39, 0.29) is 17.3 Å². The number of benzene rings is 1. The molecule has 1 heterocycles. The third kappa shape index (κ3) is 2.92. The van der Waals surface area contributed by atoms with Crippen LogP contribution in [0.25, 0.3) is 5.69 Å². The Kier molecular flexibility index (Phi) is 3.42. The SMILES string of the molecule is FC(F)(F)Oc1ccccc1-n1cc(CCl)nn1. The lowest BCUT2D eigenvalue weighted by Crippen LogP contribution is -2.18. The largest absolute Gasteiger partial charge is 0.573 e. The van der Waals surface area contributed by atoms with Gasteiger partial charge in [-0.1, -0.05) is 17.3 Å². The Morgan fingerprint density at radius 2 is 2.00 bits per heavy atom. The van der Waals surface area contributed by atoms with Crippen LogP contribution in [0.2, 0.25) is 0 Å². The lowest BCUT2D eigenvalue weighted by atomic mass is 10.3. The summed E-state index contributed by atoms with van der Waals surface area (Å²) < 4.78 is 41.7. The number of alkyl halides is 4. The van der Waals surface area contributed by atoms with Crippen molar-refractivity contribution in [3.8, 4) is 11.4 Å². The van der Waals surface area contributed by atoms with Crippen LogP contribution >= 0.6 is 11.6 Å². The molecule has 0 unspecified atom stereocenters. The quantitative estimate of drug-likeness (QED) is 0.810. The summed E-state index contributed by atoms with van der Waals surface area (Å²) in [6.45, 7) is 0. The fourth-order valence-electron chi connectivity index (χ4n) is 1.33. The molecule has 4 nitrogen and oxygen atoms in total. The molecule has 1 aromatic carbocycles. The summed E-state index contributed by atoms with van der Waals surface area (Å²) in [6.07, 6.45) is -3.32. The van der Waals surface area contributed by atoms with Crippen molar-refractivity contribution in [2.45, 2.75) is 12.2 Å². The van der Waals surface area contributed by atoms with Gasteiger partial charge >= 0.3 is 6.36 Å². The Balaban J connectivity index is 2.38. The van der Waals surface area contributed by atoms with Crippen LogP contribution in [0.3, 0.4) is 0 Å². The van der Waals surface area contributed by atoms with E-state index in [0.29, 0.717) is 5.69 Å². The van der Waals surface area contributed by atoms with E-state index < -0.39 is 6.36 Å². The zero-order valence-electron chi connectivity index (χ0n) is 8.86. The van der Waals surface area contributed by atoms with Crippen molar-refractivity contribution < 1.29 is 17.9 Å². The van der Waals surface area contributed by atoms with Crippen LogP contribution in [-0.2, 0) is 5.88 Å². The second-order valence-corrected chi connectivity index (χ2v) is 3.57. The lowest BCUT2D eigenvalue weighted by Gasteiger charge is -2.12. The highest BCUT2D eigenvalue weighted by molar-refractivity contribution is 6.16. The van der Waals surface area contributed by atoms with Crippen LogP contribution < -0.4 is 4.74 Å². The number of para-hydroxylation sites is 2. The molecule has 2 aromatic rings. The second-order valence-electron chi connectivity index (χ2n) is 3.30. The smallest absolute Gasteiger partial charge is 0.403 e. The Morgan fingerprint density at radius 3 is 2.61 bits per heavy atom. The van der Waals surface area contributed by atoms with E-state index in [1.807, 2.05) is 0 Å². The maximum Gasteiger partial charge on any atom is 0.573 e. The van der Waals surface area contributed by atoms with Gasteiger partial charge in [-0.15, -0.1) is 29.9 Å². The number of hydrogen-bond acceptors (Lipinski definition) is 3. The van der Waals surface area contributed by atoms with Gasteiger partial charge in [0.2, 0.25) is 0 Å². The average molecular weight is 278 g/mol. The van der Waals surface area contributed by atoms with E-state index in [0.717, 1.165) is 0 Å². The van der Waals surface area contributed by atoms with Gasteiger partial charge < -0.3 is 4.74 Å². The minimum absolute atomic E-state index is 0.127. The predicted octanol–water partition coefficient (Wildman–Crippen LogP) is 2.90. The fourth-order valence-corrected chi connectivity index (χ4v) is 1.46. The maximum atomic E-state index is 12.2. The number of halogens is 4. The molecular weight excluding hydrogens is 271 g/mol. The molecule has 0 fully saturated rings. The zero-order valence-corrected chi connectivity index (χ0v) is 9.61. The monoisotopic (exact) mass is 277 g/mol. The third-order valence-corrected chi connectivity index (χ3v) is 2.29. The van der Waals surface area contributed by atoms with Crippen molar-refractivity contribution in [2.24, 2.45) is 0 Å².